The Morgan fingerprint density at radius 1 is 1.19 bits per heavy atom. The van der Waals surface area contributed by atoms with Gasteiger partial charge in [-0.05, 0) is 37.8 Å². The highest BCUT2D eigenvalue weighted by Crippen LogP contribution is 2.30. The van der Waals surface area contributed by atoms with Crippen molar-refractivity contribution in [2.75, 3.05) is 40.5 Å². The molecule has 0 aliphatic carbocycles. The number of amides is 1. The summed E-state index contributed by atoms with van der Waals surface area (Å²) >= 11 is 0. The van der Waals surface area contributed by atoms with E-state index < -0.39 is 11.7 Å². The standard InChI is InChI=1S/C26H33F3N4O4/c1-16-21(14-17-5-4-6-18(13-17)26(27,28)29)31-25(36-3)32-23(16)24(34)33-10-7-19(8-11-33)30-20-9-12-37-15-22(20)35-2/h4-6,13,19-20,22,30H,7-12,14-15H2,1-3H3/t20-,22+/m1/s1. The van der Waals surface area contributed by atoms with E-state index in [0.717, 1.165) is 31.4 Å². The highest BCUT2D eigenvalue weighted by molar-refractivity contribution is 5.94. The van der Waals surface area contributed by atoms with Gasteiger partial charge < -0.3 is 24.4 Å². The molecule has 1 aromatic carbocycles. The van der Waals surface area contributed by atoms with E-state index in [9.17, 15) is 18.0 Å². The summed E-state index contributed by atoms with van der Waals surface area (Å²) in [6.07, 6.45) is -1.85. The van der Waals surface area contributed by atoms with Gasteiger partial charge in [0, 0.05) is 50.9 Å². The topological polar surface area (TPSA) is 85.8 Å². The predicted octanol–water partition coefficient (Wildman–Crippen LogP) is 3.40. The van der Waals surface area contributed by atoms with Crippen LogP contribution in [-0.4, -0.2) is 79.5 Å². The average Bonchev–Trinajstić information content (AvgIpc) is 2.90. The summed E-state index contributed by atoms with van der Waals surface area (Å²) in [4.78, 5) is 23.9. The third-order valence-corrected chi connectivity index (χ3v) is 7.08. The van der Waals surface area contributed by atoms with Crippen LogP contribution in [0.15, 0.2) is 24.3 Å². The van der Waals surface area contributed by atoms with Crippen molar-refractivity contribution in [2.24, 2.45) is 0 Å². The van der Waals surface area contributed by atoms with Crippen LogP contribution in [0.2, 0.25) is 0 Å². The molecule has 0 spiro atoms. The van der Waals surface area contributed by atoms with Gasteiger partial charge in [-0.15, -0.1) is 0 Å². The van der Waals surface area contributed by atoms with Crippen molar-refractivity contribution in [3.63, 3.8) is 0 Å². The van der Waals surface area contributed by atoms with Crippen LogP contribution >= 0.6 is 0 Å². The van der Waals surface area contributed by atoms with Crippen molar-refractivity contribution in [1.82, 2.24) is 20.2 Å². The lowest BCUT2D eigenvalue weighted by Gasteiger charge is -2.38. The van der Waals surface area contributed by atoms with E-state index in [1.54, 1.807) is 25.0 Å². The first-order valence-corrected chi connectivity index (χ1v) is 12.4. The van der Waals surface area contributed by atoms with Crippen LogP contribution in [0.25, 0.3) is 0 Å². The Kier molecular flexibility index (Phi) is 8.66. The number of hydrogen-bond acceptors (Lipinski definition) is 7. The number of rotatable bonds is 7. The Balaban J connectivity index is 1.45. The summed E-state index contributed by atoms with van der Waals surface area (Å²) in [5, 5.41) is 3.67. The van der Waals surface area contributed by atoms with E-state index in [1.165, 1.54) is 13.2 Å². The minimum atomic E-state index is -4.44. The molecule has 0 saturated carbocycles. The third kappa shape index (κ3) is 6.58. The largest absolute Gasteiger partial charge is 0.467 e. The molecule has 2 aliphatic heterocycles. The zero-order valence-electron chi connectivity index (χ0n) is 21.3. The fourth-order valence-corrected chi connectivity index (χ4v) is 4.90. The quantitative estimate of drug-likeness (QED) is 0.597. The number of carbonyl (C=O) groups excluding carboxylic acids is 1. The lowest BCUT2D eigenvalue weighted by molar-refractivity contribution is -0.137. The van der Waals surface area contributed by atoms with Gasteiger partial charge >= 0.3 is 12.2 Å². The molecule has 4 rings (SSSR count). The summed E-state index contributed by atoms with van der Waals surface area (Å²) in [6.45, 7) is 4.12. The molecule has 1 amide bonds. The molecule has 0 unspecified atom stereocenters. The van der Waals surface area contributed by atoms with Crippen LogP contribution in [-0.2, 0) is 22.1 Å². The Morgan fingerprint density at radius 2 is 1.95 bits per heavy atom. The molecule has 2 aromatic rings. The molecule has 202 valence electrons. The predicted molar refractivity (Wildman–Crippen MR) is 130 cm³/mol. The van der Waals surface area contributed by atoms with Crippen LogP contribution in [0.5, 0.6) is 6.01 Å². The van der Waals surface area contributed by atoms with Crippen LogP contribution < -0.4 is 10.1 Å². The number of nitrogens with one attached hydrogen (secondary N) is 1. The van der Waals surface area contributed by atoms with Crippen molar-refractivity contribution < 1.29 is 32.2 Å². The maximum atomic E-state index is 13.4. The normalized spacial score (nSPS) is 21.2. The minimum Gasteiger partial charge on any atom is -0.467 e. The van der Waals surface area contributed by atoms with Gasteiger partial charge in [-0.25, -0.2) is 0 Å². The number of carbonyl (C=O) groups is 1. The molecule has 11 heteroatoms. The van der Waals surface area contributed by atoms with E-state index in [0.29, 0.717) is 43.1 Å². The fraction of sp³-hybridized carbons (Fsp3) is 0.577. The first-order chi connectivity index (χ1) is 17.7. The van der Waals surface area contributed by atoms with Crippen molar-refractivity contribution in [2.45, 2.75) is 57.0 Å². The maximum absolute atomic E-state index is 13.4. The number of aromatic nitrogens is 2. The molecule has 0 bridgehead atoms. The summed E-state index contributed by atoms with van der Waals surface area (Å²) < 4.78 is 55.8. The van der Waals surface area contributed by atoms with Crippen molar-refractivity contribution in [3.05, 3.63) is 52.3 Å². The Labute approximate surface area is 214 Å². The van der Waals surface area contributed by atoms with Gasteiger partial charge in [0.05, 0.1) is 31.1 Å². The van der Waals surface area contributed by atoms with Crippen LogP contribution in [0, 0.1) is 6.92 Å². The van der Waals surface area contributed by atoms with E-state index in [2.05, 4.69) is 15.3 Å². The van der Waals surface area contributed by atoms with Gasteiger partial charge in [0.2, 0.25) is 0 Å². The number of likely N-dealkylation sites (tertiary alicyclic amines) is 1. The van der Waals surface area contributed by atoms with Crippen molar-refractivity contribution >= 4 is 5.91 Å². The Hall–Kier alpha value is -2.76. The van der Waals surface area contributed by atoms with Crippen molar-refractivity contribution in [3.8, 4) is 6.01 Å². The molecule has 1 N–H and O–H groups in total. The van der Waals surface area contributed by atoms with Gasteiger partial charge in [-0.1, -0.05) is 18.2 Å². The second-order valence-electron chi connectivity index (χ2n) is 9.48. The van der Waals surface area contributed by atoms with Gasteiger partial charge in [-0.2, -0.15) is 23.1 Å². The summed E-state index contributed by atoms with van der Waals surface area (Å²) in [7, 11) is 3.09. The molecular formula is C26H33F3N4O4. The van der Waals surface area contributed by atoms with E-state index >= 15 is 0 Å². The average molecular weight is 523 g/mol. The van der Waals surface area contributed by atoms with E-state index in [4.69, 9.17) is 14.2 Å². The SMILES string of the molecule is COc1nc(Cc2cccc(C(F)(F)F)c2)c(C)c(C(=O)N2CCC(N[C@@H]3CCOC[C@@H]3OC)CC2)n1. The Morgan fingerprint density at radius 3 is 2.62 bits per heavy atom. The molecule has 8 nitrogen and oxygen atoms in total. The van der Waals surface area contributed by atoms with E-state index in [-0.39, 0.29) is 42.2 Å². The first kappa shape index (κ1) is 27.3. The highest BCUT2D eigenvalue weighted by Gasteiger charge is 2.32. The molecule has 2 fully saturated rings. The lowest BCUT2D eigenvalue weighted by atomic mass is 9.99. The number of nitrogens with zero attached hydrogens (tertiary/aromatic N) is 3. The monoisotopic (exact) mass is 522 g/mol. The van der Waals surface area contributed by atoms with Crippen molar-refractivity contribution in [1.29, 1.82) is 0 Å². The molecule has 3 heterocycles. The van der Waals surface area contributed by atoms with Gasteiger partial charge in [0.15, 0.2) is 0 Å². The summed E-state index contributed by atoms with van der Waals surface area (Å²) in [5.41, 5.74) is 0.911. The molecule has 37 heavy (non-hydrogen) atoms. The number of ether oxygens (including phenoxy) is 3. The fourth-order valence-electron chi connectivity index (χ4n) is 4.90. The second kappa shape index (κ2) is 11.7. The van der Waals surface area contributed by atoms with Crippen LogP contribution in [0.4, 0.5) is 13.2 Å². The van der Waals surface area contributed by atoms with Gasteiger partial charge in [0.1, 0.15) is 5.69 Å². The summed E-state index contributed by atoms with van der Waals surface area (Å²) in [6, 6.07) is 5.60. The summed E-state index contributed by atoms with van der Waals surface area (Å²) in [5.74, 6) is -0.234. The second-order valence-corrected chi connectivity index (χ2v) is 9.48. The van der Waals surface area contributed by atoms with E-state index in [1.807, 2.05) is 0 Å². The van der Waals surface area contributed by atoms with Gasteiger partial charge in [-0.3, -0.25) is 4.79 Å². The molecule has 2 aliphatic rings. The Bertz CT molecular complexity index is 1090. The number of hydrogen-bond donors (Lipinski definition) is 1. The number of halogens is 3. The molecule has 2 saturated heterocycles. The lowest BCUT2D eigenvalue weighted by Crippen LogP contribution is -2.54. The molecule has 1 aromatic heterocycles. The number of benzene rings is 1. The van der Waals surface area contributed by atoms with Crippen LogP contribution in [0.3, 0.4) is 0 Å². The maximum Gasteiger partial charge on any atom is 0.416 e. The minimum absolute atomic E-state index is 0.0117. The number of piperidine rings is 1. The highest BCUT2D eigenvalue weighted by atomic mass is 19.4. The third-order valence-electron chi connectivity index (χ3n) is 7.08. The van der Waals surface area contributed by atoms with Crippen LogP contribution in [0.1, 0.15) is 52.1 Å². The molecule has 0 radical (unpaired) electrons. The smallest absolute Gasteiger partial charge is 0.416 e. The number of alkyl halides is 3. The first-order valence-electron chi connectivity index (χ1n) is 12.4. The molecular weight excluding hydrogens is 489 g/mol. The zero-order chi connectivity index (χ0) is 26.6. The number of methoxy groups -OCH3 is 2. The molecule has 2 atom stereocenters. The van der Waals surface area contributed by atoms with Gasteiger partial charge in [0.25, 0.3) is 5.91 Å². The zero-order valence-corrected chi connectivity index (χ0v) is 21.3.